The van der Waals surface area contributed by atoms with Crippen molar-refractivity contribution in [2.45, 2.75) is 19.0 Å². The summed E-state index contributed by atoms with van der Waals surface area (Å²) < 4.78 is 45.5. The smallest absolute Gasteiger partial charge is 0.416 e. The van der Waals surface area contributed by atoms with E-state index >= 15 is 0 Å². The molecule has 0 bridgehead atoms. The van der Waals surface area contributed by atoms with Crippen LogP contribution in [0.1, 0.15) is 16.8 Å². The maximum Gasteiger partial charge on any atom is 0.416 e. The van der Waals surface area contributed by atoms with E-state index in [1.165, 1.54) is 12.1 Å². The zero-order valence-corrected chi connectivity index (χ0v) is 15.6. The minimum atomic E-state index is -4.32. The van der Waals surface area contributed by atoms with Crippen molar-refractivity contribution in [2.75, 3.05) is 0 Å². The van der Waals surface area contributed by atoms with E-state index in [0.29, 0.717) is 24.5 Å². The van der Waals surface area contributed by atoms with Crippen molar-refractivity contribution in [1.29, 1.82) is 0 Å². The van der Waals surface area contributed by atoms with Gasteiger partial charge in [0.2, 0.25) is 5.88 Å². The van der Waals surface area contributed by atoms with Gasteiger partial charge in [0.25, 0.3) is 0 Å². The third-order valence-corrected chi connectivity index (χ3v) is 4.63. The Morgan fingerprint density at radius 1 is 1.00 bits per heavy atom. The van der Waals surface area contributed by atoms with Crippen LogP contribution >= 0.6 is 0 Å². The fourth-order valence-corrected chi connectivity index (χ4v) is 3.01. The van der Waals surface area contributed by atoms with Crippen molar-refractivity contribution in [3.63, 3.8) is 0 Å². The number of hydrogen-bond donors (Lipinski definition) is 0. The molecule has 4 rings (SSSR count). The predicted octanol–water partition coefficient (Wildman–Crippen LogP) is 5.36. The molecule has 2 aromatic heterocycles. The summed E-state index contributed by atoms with van der Waals surface area (Å²) in [5.74, 6) is 1.03. The van der Waals surface area contributed by atoms with E-state index < -0.39 is 11.7 Å². The summed E-state index contributed by atoms with van der Waals surface area (Å²) in [6.45, 7) is 0. The number of halogens is 3. The second-order valence-electron chi connectivity index (χ2n) is 6.70. The molecule has 2 heterocycles. The molecule has 147 valence electrons. The normalized spacial score (nSPS) is 11.7. The molecule has 0 aliphatic heterocycles. The van der Waals surface area contributed by atoms with Crippen LogP contribution in [0.2, 0.25) is 0 Å². The van der Waals surface area contributed by atoms with Crippen LogP contribution in [0.15, 0.2) is 60.9 Å². The number of hydrogen-bond acceptors (Lipinski definition) is 3. The van der Waals surface area contributed by atoms with Gasteiger partial charge >= 0.3 is 6.18 Å². The van der Waals surface area contributed by atoms with Crippen LogP contribution in [0, 0.1) is 6.20 Å². The Labute approximate surface area is 165 Å². The standard InChI is InChI=1S/C22H17F3N3O/c1-28-11-10-16-5-9-19(12-20(16)28)29-21-14-26-18(13-27-21)8-4-15-2-6-17(7-3-15)22(23,24)25/h2-3,5-7,9-10,12-14H,4,8H2,1H3. The van der Waals surface area contributed by atoms with Crippen LogP contribution < -0.4 is 4.74 Å². The minimum absolute atomic E-state index is 0.376. The molecule has 0 saturated heterocycles. The number of fused-ring (bicyclic) bond motifs is 1. The van der Waals surface area contributed by atoms with E-state index in [9.17, 15) is 13.2 Å². The molecule has 7 heteroatoms. The summed E-state index contributed by atoms with van der Waals surface area (Å²) in [7, 11) is 1.91. The number of aryl methyl sites for hydroxylation is 3. The fourth-order valence-electron chi connectivity index (χ4n) is 3.01. The van der Waals surface area contributed by atoms with Gasteiger partial charge < -0.3 is 9.30 Å². The Balaban J connectivity index is 1.38. The van der Waals surface area contributed by atoms with E-state index in [-0.39, 0.29) is 0 Å². The second kappa shape index (κ2) is 7.58. The first kappa shape index (κ1) is 19.0. The Morgan fingerprint density at radius 3 is 2.48 bits per heavy atom. The summed E-state index contributed by atoms with van der Waals surface area (Å²) in [5, 5.41) is 1.07. The summed E-state index contributed by atoms with van der Waals surface area (Å²) in [6, 6.07) is 12.8. The van der Waals surface area contributed by atoms with Crippen LogP contribution in [0.25, 0.3) is 10.9 Å². The molecule has 0 spiro atoms. The number of nitrogens with zero attached hydrogens (tertiary/aromatic N) is 3. The number of benzene rings is 2. The lowest BCUT2D eigenvalue weighted by atomic mass is 10.1. The number of alkyl halides is 3. The molecular formula is C22H17F3N3O. The van der Waals surface area contributed by atoms with Crippen LogP contribution in [0.5, 0.6) is 11.6 Å². The van der Waals surface area contributed by atoms with E-state index in [1.54, 1.807) is 12.4 Å². The first-order chi connectivity index (χ1) is 13.9. The topological polar surface area (TPSA) is 39.9 Å². The average Bonchev–Trinajstić information content (AvgIpc) is 3.07. The third kappa shape index (κ3) is 4.39. The molecule has 0 aliphatic carbocycles. The molecule has 0 fully saturated rings. The van der Waals surface area contributed by atoms with Crippen molar-refractivity contribution < 1.29 is 17.9 Å². The van der Waals surface area contributed by atoms with Crippen molar-refractivity contribution in [2.24, 2.45) is 7.05 Å². The molecule has 0 amide bonds. The highest BCUT2D eigenvalue weighted by atomic mass is 19.4. The molecule has 2 aromatic carbocycles. The number of rotatable bonds is 5. The third-order valence-electron chi connectivity index (χ3n) is 4.63. The highest BCUT2D eigenvalue weighted by Crippen LogP contribution is 2.29. The second-order valence-corrected chi connectivity index (χ2v) is 6.70. The lowest BCUT2D eigenvalue weighted by molar-refractivity contribution is -0.137. The van der Waals surface area contributed by atoms with E-state index in [1.807, 2.05) is 35.9 Å². The van der Waals surface area contributed by atoms with Crippen molar-refractivity contribution in [3.05, 3.63) is 83.9 Å². The number of ether oxygens (including phenoxy) is 1. The molecule has 0 atom stereocenters. The zero-order valence-electron chi connectivity index (χ0n) is 15.6. The highest BCUT2D eigenvalue weighted by molar-refractivity contribution is 5.81. The summed E-state index contributed by atoms with van der Waals surface area (Å²) in [6.07, 6.45) is 3.09. The van der Waals surface area contributed by atoms with Gasteiger partial charge in [-0.1, -0.05) is 12.1 Å². The molecule has 4 aromatic rings. The maximum absolute atomic E-state index is 12.6. The average molecular weight is 396 g/mol. The molecule has 1 radical (unpaired) electrons. The van der Waals surface area contributed by atoms with E-state index in [0.717, 1.165) is 34.3 Å². The largest absolute Gasteiger partial charge is 0.437 e. The molecule has 29 heavy (non-hydrogen) atoms. The summed E-state index contributed by atoms with van der Waals surface area (Å²) in [5.41, 5.74) is 1.91. The molecule has 4 nitrogen and oxygen atoms in total. The monoisotopic (exact) mass is 396 g/mol. The summed E-state index contributed by atoms with van der Waals surface area (Å²) >= 11 is 0. The van der Waals surface area contributed by atoms with Crippen molar-refractivity contribution in [3.8, 4) is 11.6 Å². The van der Waals surface area contributed by atoms with Gasteiger partial charge in [0.05, 0.1) is 35.4 Å². The number of aromatic nitrogens is 3. The molecule has 0 aliphatic rings. The Morgan fingerprint density at radius 2 is 1.79 bits per heavy atom. The zero-order chi connectivity index (χ0) is 20.4. The van der Waals surface area contributed by atoms with Crippen molar-refractivity contribution >= 4 is 10.9 Å². The Kier molecular flexibility index (Phi) is 4.96. The van der Waals surface area contributed by atoms with Crippen molar-refractivity contribution in [1.82, 2.24) is 14.5 Å². The first-order valence-electron chi connectivity index (χ1n) is 9.00. The quantitative estimate of drug-likeness (QED) is 0.456. The van der Waals surface area contributed by atoms with Gasteiger partial charge in [-0.05, 0) is 48.7 Å². The lowest BCUT2D eigenvalue weighted by Crippen LogP contribution is -2.04. The Bertz CT molecular complexity index is 1120. The first-order valence-corrected chi connectivity index (χ1v) is 9.00. The van der Waals surface area contributed by atoms with E-state index in [4.69, 9.17) is 4.74 Å². The van der Waals surface area contributed by atoms with Gasteiger partial charge in [-0.25, -0.2) is 4.98 Å². The van der Waals surface area contributed by atoms with Gasteiger partial charge in [-0.15, -0.1) is 0 Å². The van der Waals surface area contributed by atoms with E-state index in [2.05, 4.69) is 16.2 Å². The van der Waals surface area contributed by atoms with Crippen LogP contribution in [-0.4, -0.2) is 14.5 Å². The fraction of sp³-hybridized carbons (Fsp3) is 0.182. The molecule has 0 unspecified atom stereocenters. The van der Waals surface area contributed by atoms with Gasteiger partial charge in [-0.3, -0.25) is 4.98 Å². The Hall–Kier alpha value is -3.35. The minimum Gasteiger partial charge on any atom is -0.437 e. The van der Waals surface area contributed by atoms with Crippen LogP contribution in [-0.2, 0) is 26.1 Å². The predicted molar refractivity (Wildman–Crippen MR) is 103 cm³/mol. The molecule has 0 saturated carbocycles. The van der Waals surface area contributed by atoms with Gasteiger partial charge in [-0.2, -0.15) is 13.2 Å². The molecule has 0 N–H and O–H groups in total. The highest BCUT2D eigenvalue weighted by Gasteiger charge is 2.29. The SMILES string of the molecule is Cn1[c]cc2ccc(Oc3cnc(CCc4ccc(C(F)(F)F)cc4)cn3)cc21. The molecular weight excluding hydrogens is 379 g/mol. The van der Waals surface area contributed by atoms with Crippen LogP contribution in [0.3, 0.4) is 0 Å². The van der Waals surface area contributed by atoms with Gasteiger partial charge in [0.1, 0.15) is 5.75 Å². The summed E-state index contributed by atoms with van der Waals surface area (Å²) in [4.78, 5) is 8.61. The maximum atomic E-state index is 12.6. The van der Waals surface area contributed by atoms with Gasteiger partial charge in [0.15, 0.2) is 0 Å². The van der Waals surface area contributed by atoms with Crippen LogP contribution in [0.4, 0.5) is 13.2 Å². The van der Waals surface area contributed by atoms with Gasteiger partial charge in [0, 0.05) is 18.5 Å². The lowest BCUT2D eigenvalue weighted by Gasteiger charge is -2.08.